The minimum absolute atomic E-state index is 0.393. The van der Waals surface area contributed by atoms with Gasteiger partial charge in [-0.15, -0.1) is 5.10 Å². The van der Waals surface area contributed by atoms with Crippen LogP contribution in [0, 0.1) is 13.8 Å². The van der Waals surface area contributed by atoms with Gasteiger partial charge in [-0.05, 0) is 43.5 Å². The second-order valence-electron chi connectivity index (χ2n) is 4.50. The third-order valence-corrected chi connectivity index (χ3v) is 3.29. The maximum absolute atomic E-state index is 5.78. The lowest BCUT2D eigenvalue weighted by Gasteiger charge is -2.12. The van der Waals surface area contributed by atoms with E-state index in [1.54, 1.807) is 0 Å². The van der Waals surface area contributed by atoms with Crippen molar-refractivity contribution in [3.8, 4) is 11.6 Å². The van der Waals surface area contributed by atoms with Gasteiger partial charge in [-0.25, -0.2) is 0 Å². The Bertz CT molecular complexity index is 564. The van der Waals surface area contributed by atoms with Crippen molar-refractivity contribution < 1.29 is 4.74 Å². The maximum atomic E-state index is 5.78. The van der Waals surface area contributed by atoms with Gasteiger partial charge < -0.3 is 10.5 Å². The average Bonchev–Trinajstić information content (AvgIpc) is 2.44. The van der Waals surface area contributed by atoms with E-state index in [4.69, 9.17) is 10.5 Å². The monoisotopic (exact) mass is 257 g/mol. The fraction of sp³-hybridized carbons (Fsp3) is 0.333. The van der Waals surface area contributed by atoms with Crippen LogP contribution in [-0.2, 0) is 13.0 Å². The van der Waals surface area contributed by atoms with E-state index >= 15 is 0 Å². The molecule has 19 heavy (non-hydrogen) atoms. The molecule has 0 spiro atoms. The second kappa shape index (κ2) is 5.80. The Morgan fingerprint density at radius 2 is 1.79 bits per heavy atom. The summed E-state index contributed by atoms with van der Waals surface area (Å²) in [6.07, 6.45) is 1.01. The lowest BCUT2D eigenvalue weighted by atomic mass is 10.1. The van der Waals surface area contributed by atoms with Gasteiger partial charge in [-0.3, -0.25) is 0 Å². The van der Waals surface area contributed by atoms with Crippen LogP contribution in [0.3, 0.4) is 0 Å². The lowest BCUT2D eigenvalue weighted by Crippen LogP contribution is -2.07. The highest BCUT2D eigenvalue weighted by atomic mass is 16.5. The molecule has 0 bridgehead atoms. The number of nitrogens with two attached hydrogens (primary N) is 1. The number of hydrogen-bond donors (Lipinski definition) is 1. The van der Waals surface area contributed by atoms with Crippen molar-refractivity contribution in [1.82, 2.24) is 10.2 Å². The molecule has 0 saturated carbocycles. The summed E-state index contributed by atoms with van der Waals surface area (Å²) in [7, 11) is 0. The molecule has 1 aromatic carbocycles. The van der Waals surface area contributed by atoms with Gasteiger partial charge in [0.25, 0.3) is 0 Å². The van der Waals surface area contributed by atoms with Crippen molar-refractivity contribution in [3.63, 3.8) is 0 Å². The summed E-state index contributed by atoms with van der Waals surface area (Å²) < 4.78 is 5.78. The van der Waals surface area contributed by atoms with E-state index in [-0.39, 0.29) is 0 Å². The van der Waals surface area contributed by atoms with Gasteiger partial charge in [-0.1, -0.05) is 19.1 Å². The van der Waals surface area contributed by atoms with Crippen molar-refractivity contribution in [2.24, 2.45) is 5.73 Å². The smallest absolute Gasteiger partial charge is 0.243 e. The molecule has 0 unspecified atom stereocenters. The summed E-state index contributed by atoms with van der Waals surface area (Å²) in [4.78, 5) is 0. The van der Waals surface area contributed by atoms with E-state index in [1.807, 2.05) is 38.1 Å². The van der Waals surface area contributed by atoms with E-state index in [0.29, 0.717) is 12.4 Å². The summed E-state index contributed by atoms with van der Waals surface area (Å²) in [5, 5.41) is 8.18. The third-order valence-electron chi connectivity index (χ3n) is 3.29. The first-order valence-electron chi connectivity index (χ1n) is 6.45. The number of aromatic nitrogens is 2. The molecule has 0 aliphatic carbocycles. The van der Waals surface area contributed by atoms with E-state index in [1.165, 1.54) is 5.56 Å². The Morgan fingerprint density at radius 1 is 1.11 bits per heavy atom. The van der Waals surface area contributed by atoms with Crippen LogP contribution < -0.4 is 10.5 Å². The zero-order chi connectivity index (χ0) is 13.8. The molecule has 0 saturated heterocycles. The van der Waals surface area contributed by atoms with Crippen LogP contribution in [0.4, 0.5) is 0 Å². The van der Waals surface area contributed by atoms with Crippen LogP contribution in [0.5, 0.6) is 11.6 Å². The third kappa shape index (κ3) is 2.90. The van der Waals surface area contributed by atoms with Gasteiger partial charge in [0.05, 0.1) is 5.69 Å². The number of hydrogen-bond acceptors (Lipinski definition) is 4. The van der Waals surface area contributed by atoms with Crippen LogP contribution >= 0.6 is 0 Å². The molecule has 0 fully saturated rings. The molecular weight excluding hydrogens is 238 g/mol. The van der Waals surface area contributed by atoms with Crippen LogP contribution in [0.1, 0.15) is 29.3 Å². The molecule has 4 heteroatoms. The number of ether oxygens (including phenoxy) is 1. The minimum atomic E-state index is 0.393. The first-order chi connectivity index (χ1) is 9.15. The SMILES string of the molecule is CCc1ccc(Oc2nnc(C)c(C)c2CN)cc1. The van der Waals surface area contributed by atoms with E-state index in [9.17, 15) is 0 Å². The Morgan fingerprint density at radius 3 is 2.37 bits per heavy atom. The number of nitrogens with zero attached hydrogens (tertiary/aromatic N) is 2. The molecule has 2 aromatic rings. The molecule has 1 aromatic heterocycles. The van der Waals surface area contributed by atoms with E-state index in [2.05, 4.69) is 17.1 Å². The molecule has 100 valence electrons. The Balaban J connectivity index is 2.29. The van der Waals surface area contributed by atoms with Crippen LogP contribution in [-0.4, -0.2) is 10.2 Å². The second-order valence-corrected chi connectivity index (χ2v) is 4.50. The van der Waals surface area contributed by atoms with Gasteiger partial charge >= 0.3 is 0 Å². The first-order valence-corrected chi connectivity index (χ1v) is 6.45. The zero-order valence-corrected chi connectivity index (χ0v) is 11.6. The van der Waals surface area contributed by atoms with Crippen LogP contribution in [0.15, 0.2) is 24.3 Å². The minimum Gasteiger partial charge on any atom is -0.437 e. The predicted octanol–water partition coefficient (Wildman–Crippen LogP) is 2.91. The standard InChI is InChI=1S/C15H19N3O/c1-4-12-5-7-13(8-6-12)19-15-14(9-16)10(2)11(3)17-18-15/h5-8H,4,9,16H2,1-3H3. The lowest BCUT2D eigenvalue weighted by molar-refractivity contribution is 0.446. The molecule has 0 aliphatic rings. The van der Waals surface area contributed by atoms with Gasteiger partial charge in [0.1, 0.15) is 5.75 Å². The molecule has 2 rings (SSSR count). The Hall–Kier alpha value is -1.94. The Labute approximate surface area is 113 Å². The van der Waals surface area contributed by atoms with Crippen molar-refractivity contribution in [2.45, 2.75) is 33.7 Å². The molecule has 0 aliphatic heterocycles. The van der Waals surface area contributed by atoms with Crippen molar-refractivity contribution in [2.75, 3.05) is 0 Å². The van der Waals surface area contributed by atoms with Crippen LogP contribution in [0.2, 0.25) is 0 Å². The van der Waals surface area contributed by atoms with Crippen LogP contribution in [0.25, 0.3) is 0 Å². The summed E-state index contributed by atoms with van der Waals surface area (Å²) in [6.45, 7) is 6.42. The summed E-state index contributed by atoms with van der Waals surface area (Å²) >= 11 is 0. The highest BCUT2D eigenvalue weighted by Gasteiger charge is 2.11. The molecule has 2 N–H and O–H groups in total. The normalized spacial score (nSPS) is 10.5. The fourth-order valence-corrected chi connectivity index (χ4v) is 1.86. The largest absolute Gasteiger partial charge is 0.437 e. The molecule has 0 amide bonds. The van der Waals surface area contributed by atoms with E-state index < -0.39 is 0 Å². The highest BCUT2D eigenvalue weighted by Crippen LogP contribution is 2.25. The van der Waals surface area contributed by atoms with Crippen molar-refractivity contribution >= 4 is 0 Å². The summed E-state index contributed by atoms with van der Waals surface area (Å²) in [6, 6.07) is 7.98. The predicted molar refractivity (Wildman–Crippen MR) is 75.3 cm³/mol. The first kappa shape index (κ1) is 13.5. The van der Waals surface area contributed by atoms with Gasteiger partial charge in [-0.2, -0.15) is 5.10 Å². The number of aryl methyl sites for hydroxylation is 2. The van der Waals surface area contributed by atoms with Crippen molar-refractivity contribution in [1.29, 1.82) is 0 Å². The molecule has 4 nitrogen and oxygen atoms in total. The highest BCUT2D eigenvalue weighted by molar-refractivity contribution is 5.38. The van der Waals surface area contributed by atoms with Gasteiger partial charge in [0.2, 0.25) is 5.88 Å². The number of rotatable bonds is 4. The molecule has 1 heterocycles. The molecular formula is C15H19N3O. The summed E-state index contributed by atoms with van der Waals surface area (Å²) in [5.74, 6) is 1.25. The number of benzene rings is 1. The summed E-state index contributed by atoms with van der Waals surface area (Å²) in [5.41, 5.74) is 9.88. The van der Waals surface area contributed by atoms with Crippen molar-refractivity contribution in [3.05, 3.63) is 46.6 Å². The topological polar surface area (TPSA) is 61.0 Å². The fourth-order valence-electron chi connectivity index (χ4n) is 1.86. The molecule has 0 radical (unpaired) electrons. The zero-order valence-electron chi connectivity index (χ0n) is 11.6. The average molecular weight is 257 g/mol. The van der Waals surface area contributed by atoms with E-state index in [0.717, 1.165) is 29.0 Å². The maximum Gasteiger partial charge on any atom is 0.243 e. The molecule has 0 atom stereocenters. The Kier molecular flexibility index (Phi) is 4.12. The quantitative estimate of drug-likeness (QED) is 0.914. The van der Waals surface area contributed by atoms with Gasteiger partial charge in [0.15, 0.2) is 0 Å². The van der Waals surface area contributed by atoms with Gasteiger partial charge in [0, 0.05) is 12.1 Å².